The number of nitrogens with zero attached hydrogens (tertiary/aromatic N) is 1. The quantitative estimate of drug-likeness (QED) is 0.758. The first-order valence-corrected chi connectivity index (χ1v) is 6.40. The van der Waals surface area contributed by atoms with Gasteiger partial charge < -0.3 is 9.72 Å². The van der Waals surface area contributed by atoms with Crippen molar-refractivity contribution >= 4 is 10.9 Å². The van der Waals surface area contributed by atoms with Gasteiger partial charge in [-0.1, -0.05) is 12.1 Å². The Morgan fingerprint density at radius 2 is 1.95 bits per heavy atom. The second-order valence-corrected chi connectivity index (χ2v) is 4.70. The molecule has 0 fully saturated rings. The van der Waals surface area contributed by atoms with Gasteiger partial charge in [-0.05, 0) is 42.8 Å². The topological polar surface area (TPSA) is 48.8 Å². The van der Waals surface area contributed by atoms with E-state index in [0.29, 0.717) is 5.56 Å². The molecule has 3 heteroatoms. The van der Waals surface area contributed by atoms with Gasteiger partial charge in [0.1, 0.15) is 5.75 Å². The first-order valence-electron chi connectivity index (χ1n) is 6.40. The zero-order chi connectivity index (χ0) is 14.1. The molecule has 0 aliphatic carbocycles. The minimum Gasteiger partial charge on any atom is -0.496 e. The zero-order valence-electron chi connectivity index (χ0n) is 11.4. The molecule has 0 saturated heterocycles. The Hall–Kier alpha value is -2.73. The molecule has 0 radical (unpaired) electrons. The van der Waals surface area contributed by atoms with Crippen LogP contribution in [0, 0.1) is 18.3 Å². The third-order valence-electron chi connectivity index (χ3n) is 3.56. The van der Waals surface area contributed by atoms with Crippen molar-refractivity contribution in [3.05, 3.63) is 53.6 Å². The highest BCUT2D eigenvalue weighted by Crippen LogP contribution is 2.35. The van der Waals surface area contributed by atoms with E-state index in [2.05, 4.69) is 18.0 Å². The number of aromatic nitrogens is 1. The van der Waals surface area contributed by atoms with Crippen LogP contribution in [0.25, 0.3) is 22.2 Å². The van der Waals surface area contributed by atoms with Crippen LogP contribution in [0.2, 0.25) is 0 Å². The third kappa shape index (κ3) is 1.83. The lowest BCUT2D eigenvalue weighted by molar-refractivity contribution is 0.416. The molecule has 1 aromatic heterocycles. The Bertz CT molecular complexity index is 825. The van der Waals surface area contributed by atoms with Gasteiger partial charge in [0.2, 0.25) is 0 Å². The van der Waals surface area contributed by atoms with Crippen molar-refractivity contribution in [2.75, 3.05) is 7.11 Å². The molecule has 20 heavy (non-hydrogen) atoms. The molecule has 0 atom stereocenters. The van der Waals surface area contributed by atoms with Crippen molar-refractivity contribution in [2.24, 2.45) is 0 Å². The largest absolute Gasteiger partial charge is 0.496 e. The van der Waals surface area contributed by atoms with E-state index in [-0.39, 0.29) is 0 Å². The average Bonchev–Trinajstić information content (AvgIpc) is 2.83. The van der Waals surface area contributed by atoms with Crippen LogP contribution in [0.3, 0.4) is 0 Å². The number of H-pyrrole nitrogens is 1. The number of nitriles is 1. The normalized spacial score (nSPS) is 10.4. The second-order valence-electron chi connectivity index (χ2n) is 4.70. The van der Waals surface area contributed by atoms with E-state index in [0.717, 1.165) is 33.5 Å². The summed E-state index contributed by atoms with van der Waals surface area (Å²) in [7, 11) is 1.67. The number of methoxy groups -OCH3 is 1. The highest BCUT2D eigenvalue weighted by atomic mass is 16.5. The molecule has 0 bridgehead atoms. The maximum Gasteiger partial charge on any atom is 0.128 e. The van der Waals surface area contributed by atoms with E-state index in [4.69, 9.17) is 10.00 Å². The lowest BCUT2D eigenvalue weighted by Gasteiger charge is -2.07. The number of aromatic amines is 1. The summed E-state index contributed by atoms with van der Waals surface area (Å²) in [6.45, 7) is 2.06. The Labute approximate surface area is 117 Å². The van der Waals surface area contributed by atoms with E-state index in [1.54, 1.807) is 7.11 Å². The van der Waals surface area contributed by atoms with Crippen LogP contribution in [0.5, 0.6) is 5.75 Å². The van der Waals surface area contributed by atoms with Crippen LogP contribution in [0.4, 0.5) is 0 Å². The Morgan fingerprint density at radius 1 is 1.15 bits per heavy atom. The number of ether oxygens (including phenoxy) is 1. The van der Waals surface area contributed by atoms with Crippen LogP contribution in [-0.2, 0) is 0 Å². The number of benzene rings is 2. The van der Waals surface area contributed by atoms with Gasteiger partial charge in [0, 0.05) is 16.5 Å². The van der Waals surface area contributed by atoms with E-state index in [1.165, 1.54) is 0 Å². The molecule has 2 aromatic carbocycles. The highest BCUT2D eigenvalue weighted by Gasteiger charge is 2.13. The molecule has 3 nitrogen and oxygen atoms in total. The molecule has 0 amide bonds. The van der Waals surface area contributed by atoms with Crippen LogP contribution >= 0.6 is 0 Å². The van der Waals surface area contributed by atoms with Crippen molar-refractivity contribution in [1.82, 2.24) is 4.98 Å². The van der Waals surface area contributed by atoms with Crippen molar-refractivity contribution in [3.63, 3.8) is 0 Å². The molecule has 0 aliphatic rings. The van der Waals surface area contributed by atoms with Crippen molar-refractivity contribution in [2.45, 2.75) is 6.92 Å². The number of rotatable bonds is 2. The van der Waals surface area contributed by atoms with Crippen LogP contribution < -0.4 is 4.74 Å². The van der Waals surface area contributed by atoms with Gasteiger partial charge in [-0.25, -0.2) is 0 Å². The summed E-state index contributed by atoms with van der Waals surface area (Å²) in [4.78, 5) is 3.42. The molecule has 0 spiro atoms. The number of para-hydroxylation sites is 1. The molecule has 1 N–H and O–H groups in total. The van der Waals surface area contributed by atoms with Crippen LogP contribution in [0.15, 0.2) is 42.5 Å². The van der Waals surface area contributed by atoms with Gasteiger partial charge in [0.05, 0.1) is 24.4 Å². The SMILES string of the molecule is COc1ccccc1-c1[nH]c2ccc(C#N)cc2c1C. The molecule has 0 aliphatic heterocycles. The second kappa shape index (κ2) is 4.75. The van der Waals surface area contributed by atoms with Gasteiger partial charge >= 0.3 is 0 Å². The Balaban J connectivity index is 2.27. The van der Waals surface area contributed by atoms with E-state index in [9.17, 15) is 0 Å². The fourth-order valence-corrected chi connectivity index (χ4v) is 2.52. The third-order valence-corrected chi connectivity index (χ3v) is 3.56. The molecular weight excluding hydrogens is 248 g/mol. The zero-order valence-corrected chi connectivity index (χ0v) is 11.4. The monoisotopic (exact) mass is 262 g/mol. The minimum absolute atomic E-state index is 0.672. The predicted molar refractivity (Wildman–Crippen MR) is 79.7 cm³/mol. The molecular formula is C17H14N2O. The van der Waals surface area contributed by atoms with Crippen LogP contribution in [0.1, 0.15) is 11.1 Å². The standard InChI is InChI=1S/C17H14N2O/c1-11-14-9-12(10-18)7-8-15(14)19-17(11)13-5-3-4-6-16(13)20-2/h3-9,19H,1-2H3. The van der Waals surface area contributed by atoms with Gasteiger partial charge in [0.15, 0.2) is 0 Å². The lowest BCUT2D eigenvalue weighted by Crippen LogP contribution is -1.88. The summed E-state index contributed by atoms with van der Waals surface area (Å²) < 4.78 is 5.42. The number of hydrogen-bond acceptors (Lipinski definition) is 2. The van der Waals surface area contributed by atoms with Gasteiger partial charge in [-0.15, -0.1) is 0 Å². The Morgan fingerprint density at radius 3 is 2.70 bits per heavy atom. The van der Waals surface area contributed by atoms with Crippen molar-refractivity contribution < 1.29 is 4.74 Å². The summed E-state index contributed by atoms with van der Waals surface area (Å²) in [5.74, 6) is 0.836. The molecule has 0 unspecified atom stereocenters. The molecule has 1 heterocycles. The Kier molecular flexibility index (Phi) is 2.92. The fraction of sp³-hybridized carbons (Fsp3) is 0.118. The summed E-state index contributed by atoms with van der Waals surface area (Å²) in [5, 5.41) is 10.1. The van der Waals surface area contributed by atoms with E-state index < -0.39 is 0 Å². The number of nitrogens with one attached hydrogen (secondary N) is 1. The minimum atomic E-state index is 0.672. The van der Waals surface area contributed by atoms with Crippen molar-refractivity contribution in [1.29, 1.82) is 5.26 Å². The highest BCUT2D eigenvalue weighted by molar-refractivity contribution is 5.92. The van der Waals surface area contributed by atoms with Gasteiger partial charge in [0.25, 0.3) is 0 Å². The van der Waals surface area contributed by atoms with Gasteiger partial charge in [-0.3, -0.25) is 0 Å². The summed E-state index contributed by atoms with van der Waals surface area (Å²) in [6.07, 6.45) is 0. The maximum absolute atomic E-state index is 9.01. The number of fused-ring (bicyclic) bond motifs is 1. The summed E-state index contributed by atoms with van der Waals surface area (Å²) in [5.41, 5.74) is 4.89. The van der Waals surface area contributed by atoms with Crippen LogP contribution in [-0.4, -0.2) is 12.1 Å². The smallest absolute Gasteiger partial charge is 0.128 e. The van der Waals surface area contributed by atoms with E-state index in [1.807, 2.05) is 42.5 Å². The summed E-state index contributed by atoms with van der Waals surface area (Å²) in [6, 6.07) is 15.8. The first kappa shape index (κ1) is 12.3. The van der Waals surface area contributed by atoms with Gasteiger partial charge in [-0.2, -0.15) is 5.26 Å². The maximum atomic E-state index is 9.01. The summed E-state index contributed by atoms with van der Waals surface area (Å²) >= 11 is 0. The average molecular weight is 262 g/mol. The predicted octanol–water partition coefficient (Wildman–Crippen LogP) is 4.02. The lowest BCUT2D eigenvalue weighted by atomic mass is 10.0. The fourth-order valence-electron chi connectivity index (χ4n) is 2.52. The molecule has 3 rings (SSSR count). The number of hydrogen-bond donors (Lipinski definition) is 1. The first-order chi connectivity index (χ1) is 9.74. The molecule has 3 aromatic rings. The van der Waals surface area contributed by atoms with Crippen molar-refractivity contribution in [3.8, 4) is 23.1 Å². The number of aryl methyl sites for hydroxylation is 1. The molecule has 98 valence electrons. The molecule has 0 saturated carbocycles. The van der Waals surface area contributed by atoms with E-state index >= 15 is 0 Å².